The molecule has 0 aromatic heterocycles. The highest BCUT2D eigenvalue weighted by molar-refractivity contribution is 6.04. The number of carbonyl (C=O) groups excluding carboxylic acids is 1. The Morgan fingerprint density at radius 3 is 2.38 bits per heavy atom. The van der Waals surface area contributed by atoms with E-state index < -0.39 is 5.97 Å². The first-order valence-electron chi connectivity index (χ1n) is 8.55. The number of rotatable bonds is 6. The third kappa shape index (κ3) is 4.47. The van der Waals surface area contributed by atoms with E-state index in [9.17, 15) is 9.59 Å². The van der Waals surface area contributed by atoms with Crippen LogP contribution in [0.1, 0.15) is 35.7 Å². The van der Waals surface area contributed by atoms with Gasteiger partial charge < -0.3 is 10.4 Å². The lowest BCUT2D eigenvalue weighted by atomic mass is 10.1. The summed E-state index contributed by atoms with van der Waals surface area (Å²) < 4.78 is 0. The lowest BCUT2D eigenvalue weighted by Gasteiger charge is -2.14. The molecule has 134 valence electrons. The van der Waals surface area contributed by atoms with Crippen molar-refractivity contribution in [2.24, 2.45) is 5.10 Å². The van der Waals surface area contributed by atoms with Gasteiger partial charge in [-0.2, -0.15) is 5.10 Å². The topological polar surface area (TPSA) is 82.0 Å². The van der Waals surface area contributed by atoms with Gasteiger partial charge >= 0.3 is 5.97 Å². The minimum Gasteiger partial charge on any atom is -0.481 e. The number of carboxylic acid groups (broad SMARTS) is 1. The van der Waals surface area contributed by atoms with Crippen molar-refractivity contribution in [3.8, 4) is 0 Å². The van der Waals surface area contributed by atoms with Crippen LogP contribution in [0.2, 0.25) is 0 Å². The molecule has 0 atom stereocenters. The molecule has 26 heavy (non-hydrogen) atoms. The molecule has 1 amide bonds. The van der Waals surface area contributed by atoms with Gasteiger partial charge in [-0.3, -0.25) is 14.6 Å². The molecule has 1 aliphatic heterocycles. The van der Waals surface area contributed by atoms with Gasteiger partial charge in [0.05, 0.1) is 5.69 Å². The molecule has 0 saturated carbocycles. The van der Waals surface area contributed by atoms with Gasteiger partial charge in [-0.15, -0.1) is 0 Å². The van der Waals surface area contributed by atoms with Gasteiger partial charge in [-0.1, -0.05) is 12.1 Å². The maximum Gasteiger partial charge on any atom is 0.303 e. The van der Waals surface area contributed by atoms with Crippen molar-refractivity contribution in [3.63, 3.8) is 0 Å². The number of hydrazone groups is 1. The van der Waals surface area contributed by atoms with Crippen molar-refractivity contribution in [2.75, 3.05) is 16.9 Å². The Labute approximate surface area is 152 Å². The summed E-state index contributed by atoms with van der Waals surface area (Å²) in [7, 11) is 0. The van der Waals surface area contributed by atoms with Crippen molar-refractivity contribution < 1.29 is 14.7 Å². The number of carboxylic acids is 1. The van der Waals surface area contributed by atoms with Crippen LogP contribution in [0.25, 0.3) is 0 Å². The summed E-state index contributed by atoms with van der Waals surface area (Å²) in [6.45, 7) is 2.88. The molecule has 0 aliphatic carbocycles. The second-order valence-corrected chi connectivity index (χ2v) is 6.30. The summed E-state index contributed by atoms with van der Waals surface area (Å²) in [6, 6.07) is 14.6. The van der Waals surface area contributed by atoms with Crippen LogP contribution >= 0.6 is 0 Å². The molecule has 3 rings (SSSR count). The minimum absolute atomic E-state index is 0.0959. The Kier molecular flexibility index (Phi) is 5.31. The van der Waals surface area contributed by atoms with E-state index >= 15 is 0 Å². The van der Waals surface area contributed by atoms with E-state index in [1.807, 2.05) is 36.2 Å². The van der Waals surface area contributed by atoms with Crippen LogP contribution in [0.15, 0.2) is 53.6 Å². The van der Waals surface area contributed by atoms with E-state index in [1.165, 1.54) is 0 Å². The number of nitrogens with zero attached hydrogens (tertiary/aromatic N) is 2. The Bertz CT molecular complexity index is 826. The summed E-state index contributed by atoms with van der Waals surface area (Å²) in [4.78, 5) is 23.0. The molecule has 0 bridgehead atoms. The molecule has 0 unspecified atom stereocenters. The zero-order valence-corrected chi connectivity index (χ0v) is 14.6. The van der Waals surface area contributed by atoms with Gasteiger partial charge in [0.2, 0.25) is 0 Å². The predicted molar refractivity (Wildman–Crippen MR) is 102 cm³/mol. The summed E-state index contributed by atoms with van der Waals surface area (Å²) in [5, 5.41) is 17.9. The van der Waals surface area contributed by atoms with Crippen LogP contribution in [0.5, 0.6) is 0 Å². The monoisotopic (exact) mass is 351 g/mol. The van der Waals surface area contributed by atoms with Gasteiger partial charge in [-0.25, -0.2) is 0 Å². The fourth-order valence-corrected chi connectivity index (χ4v) is 2.75. The number of amides is 1. The van der Waals surface area contributed by atoms with Crippen molar-refractivity contribution >= 4 is 29.0 Å². The number of nitrogens with one attached hydrogen (secondary N) is 1. The maximum absolute atomic E-state index is 12.4. The summed E-state index contributed by atoms with van der Waals surface area (Å²) in [5.41, 5.74) is 4.26. The molecule has 0 spiro atoms. The molecular weight excluding hydrogens is 330 g/mol. The van der Waals surface area contributed by atoms with Gasteiger partial charge in [-0.05, 0) is 55.3 Å². The number of anilines is 2. The van der Waals surface area contributed by atoms with E-state index in [0.29, 0.717) is 17.7 Å². The average molecular weight is 351 g/mol. The second kappa shape index (κ2) is 7.82. The molecule has 1 heterocycles. The van der Waals surface area contributed by atoms with Crippen LogP contribution in [-0.2, 0) is 11.2 Å². The van der Waals surface area contributed by atoms with Crippen molar-refractivity contribution in [1.82, 2.24) is 0 Å². The first-order valence-corrected chi connectivity index (χ1v) is 8.55. The number of carbonyl (C=O) groups is 2. The van der Waals surface area contributed by atoms with Gasteiger partial charge in [0.1, 0.15) is 0 Å². The SMILES string of the molecule is CC1=NN(c2ccc(C(=O)Nc3ccc(CCC(=O)O)cc3)cc2)CC1. The summed E-state index contributed by atoms with van der Waals surface area (Å²) >= 11 is 0. The van der Waals surface area contributed by atoms with E-state index in [-0.39, 0.29) is 12.3 Å². The van der Waals surface area contributed by atoms with Crippen molar-refractivity contribution in [1.29, 1.82) is 0 Å². The molecule has 2 N–H and O–H groups in total. The fourth-order valence-electron chi connectivity index (χ4n) is 2.75. The van der Waals surface area contributed by atoms with Gasteiger partial charge in [0.25, 0.3) is 5.91 Å². The van der Waals surface area contributed by atoms with Crippen LogP contribution in [0.3, 0.4) is 0 Å². The smallest absolute Gasteiger partial charge is 0.303 e. The molecule has 6 nitrogen and oxygen atoms in total. The molecular formula is C20H21N3O3. The van der Waals surface area contributed by atoms with E-state index in [4.69, 9.17) is 5.11 Å². The number of hydrogen-bond acceptors (Lipinski definition) is 4. The third-order valence-electron chi connectivity index (χ3n) is 4.24. The van der Waals surface area contributed by atoms with Crippen LogP contribution < -0.4 is 10.3 Å². The van der Waals surface area contributed by atoms with Crippen molar-refractivity contribution in [2.45, 2.75) is 26.2 Å². The first kappa shape index (κ1) is 17.7. The fraction of sp³-hybridized carbons (Fsp3) is 0.250. The van der Waals surface area contributed by atoms with Crippen molar-refractivity contribution in [3.05, 3.63) is 59.7 Å². The summed E-state index contributed by atoms with van der Waals surface area (Å²) in [5.74, 6) is -1.00. The highest BCUT2D eigenvalue weighted by Gasteiger charge is 2.13. The number of aliphatic carboxylic acids is 1. The van der Waals surface area contributed by atoms with Crippen LogP contribution in [0, 0.1) is 0 Å². The minimum atomic E-state index is -0.819. The Morgan fingerprint density at radius 1 is 1.12 bits per heavy atom. The lowest BCUT2D eigenvalue weighted by molar-refractivity contribution is -0.136. The van der Waals surface area contributed by atoms with Gasteiger partial charge in [0, 0.05) is 36.3 Å². The molecule has 0 saturated heterocycles. The van der Waals surface area contributed by atoms with Crippen LogP contribution in [0.4, 0.5) is 11.4 Å². The lowest BCUT2D eigenvalue weighted by Crippen LogP contribution is -2.14. The zero-order chi connectivity index (χ0) is 18.5. The van der Waals surface area contributed by atoms with E-state index in [0.717, 1.165) is 29.9 Å². The molecule has 2 aromatic rings. The average Bonchev–Trinajstić information content (AvgIpc) is 3.07. The highest BCUT2D eigenvalue weighted by Crippen LogP contribution is 2.20. The quantitative estimate of drug-likeness (QED) is 0.834. The number of hydrogen-bond donors (Lipinski definition) is 2. The highest BCUT2D eigenvalue weighted by atomic mass is 16.4. The predicted octanol–water partition coefficient (Wildman–Crippen LogP) is 3.54. The van der Waals surface area contributed by atoms with Crippen LogP contribution in [-0.4, -0.2) is 29.2 Å². The van der Waals surface area contributed by atoms with E-state index in [1.54, 1.807) is 24.3 Å². The molecule has 6 heteroatoms. The number of benzene rings is 2. The first-order chi connectivity index (χ1) is 12.5. The Morgan fingerprint density at radius 2 is 1.81 bits per heavy atom. The molecule has 0 fully saturated rings. The number of aryl methyl sites for hydroxylation is 1. The maximum atomic E-state index is 12.4. The van der Waals surface area contributed by atoms with Gasteiger partial charge in [0.15, 0.2) is 0 Å². The second-order valence-electron chi connectivity index (χ2n) is 6.30. The standard InChI is InChI=1S/C20H21N3O3/c1-14-12-13-23(22-14)18-9-5-16(6-10-18)20(26)21-17-7-2-15(3-8-17)4-11-19(24)25/h2-3,5-10H,4,11-13H2,1H3,(H,21,26)(H,24,25). The summed E-state index contributed by atoms with van der Waals surface area (Å²) in [6.07, 6.45) is 1.53. The Hall–Kier alpha value is -3.15. The van der Waals surface area contributed by atoms with E-state index in [2.05, 4.69) is 10.4 Å². The zero-order valence-electron chi connectivity index (χ0n) is 14.6. The largest absolute Gasteiger partial charge is 0.481 e. The third-order valence-corrected chi connectivity index (χ3v) is 4.24. The molecule has 2 aromatic carbocycles. The Balaban J connectivity index is 1.60. The normalized spacial score (nSPS) is 13.4. The molecule has 0 radical (unpaired) electrons. The molecule has 1 aliphatic rings.